The Morgan fingerprint density at radius 3 is 2.77 bits per heavy atom. The van der Waals surface area contributed by atoms with Crippen molar-refractivity contribution >= 4 is 5.91 Å². The third kappa shape index (κ3) is 2.19. The van der Waals surface area contributed by atoms with Crippen LogP contribution in [0.15, 0.2) is 0 Å². The van der Waals surface area contributed by atoms with Crippen molar-refractivity contribution in [2.45, 2.75) is 44.9 Å². The number of amides is 1. The zero-order valence-electron chi connectivity index (χ0n) is 8.46. The Hall–Kier alpha value is -0.610. The van der Waals surface area contributed by atoms with Gasteiger partial charge >= 0.3 is 0 Å². The van der Waals surface area contributed by atoms with Crippen LogP contribution in [0, 0.1) is 0 Å². The quantitative estimate of drug-likeness (QED) is 0.639. The molecule has 4 heteroatoms. The van der Waals surface area contributed by atoms with Crippen LogP contribution >= 0.6 is 0 Å². The summed E-state index contributed by atoms with van der Waals surface area (Å²) in [6.07, 6.45) is 0.919. The Balaban J connectivity index is 2.56. The molecule has 4 nitrogen and oxygen atoms in total. The lowest BCUT2D eigenvalue weighted by atomic mass is 9.94. The maximum absolute atomic E-state index is 11.4. The Morgan fingerprint density at radius 1 is 1.77 bits per heavy atom. The highest BCUT2D eigenvalue weighted by molar-refractivity contribution is 5.81. The van der Waals surface area contributed by atoms with Crippen LogP contribution in [-0.4, -0.2) is 30.2 Å². The van der Waals surface area contributed by atoms with Gasteiger partial charge in [-0.25, -0.2) is 0 Å². The van der Waals surface area contributed by atoms with Crippen LogP contribution in [0.4, 0.5) is 0 Å². The van der Waals surface area contributed by atoms with Crippen molar-refractivity contribution in [3.8, 4) is 0 Å². The molecule has 13 heavy (non-hydrogen) atoms. The minimum atomic E-state index is -0.454. The van der Waals surface area contributed by atoms with E-state index in [2.05, 4.69) is 5.32 Å². The van der Waals surface area contributed by atoms with Crippen molar-refractivity contribution in [3.05, 3.63) is 0 Å². The Labute approximate surface area is 78.8 Å². The van der Waals surface area contributed by atoms with Gasteiger partial charge < -0.3 is 15.8 Å². The summed E-state index contributed by atoms with van der Waals surface area (Å²) in [6, 6.07) is -0.454. The Bertz CT molecular complexity index is 206. The van der Waals surface area contributed by atoms with Gasteiger partial charge in [-0.15, -0.1) is 0 Å². The molecule has 1 amide bonds. The van der Waals surface area contributed by atoms with Crippen molar-refractivity contribution in [1.82, 2.24) is 5.32 Å². The lowest BCUT2D eigenvalue weighted by Crippen LogP contribution is -2.54. The number of nitrogens with one attached hydrogen (secondary N) is 1. The molecule has 2 unspecified atom stereocenters. The van der Waals surface area contributed by atoms with E-state index in [1.54, 1.807) is 6.92 Å². The predicted octanol–water partition coefficient (Wildman–Crippen LogP) is 0.0173. The lowest BCUT2D eigenvalue weighted by Gasteiger charge is -2.29. The smallest absolute Gasteiger partial charge is 0.237 e. The van der Waals surface area contributed by atoms with Crippen molar-refractivity contribution in [2.24, 2.45) is 5.73 Å². The summed E-state index contributed by atoms with van der Waals surface area (Å²) in [6.45, 7) is 6.34. The third-order valence-electron chi connectivity index (χ3n) is 2.71. The summed E-state index contributed by atoms with van der Waals surface area (Å²) >= 11 is 0. The third-order valence-corrected chi connectivity index (χ3v) is 2.71. The second-order valence-corrected chi connectivity index (χ2v) is 3.96. The summed E-state index contributed by atoms with van der Waals surface area (Å²) < 4.78 is 5.39. The minimum Gasteiger partial charge on any atom is -0.376 e. The molecule has 0 bridgehead atoms. The first-order valence-electron chi connectivity index (χ1n) is 4.65. The zero-order valence-corrected chi connectivity index (χ0v) is 8.46. The first-order valence-corrected chi connectivity index (χ1v) is 4.65. The van der Waals surface area contributed by atoms with Gasteiger partial charge in [0.05, 0.1) is 17.7 Å². The van der Waals surface area contributed by atoms with E-state index in [1.807, 2.05) is 13.8 Å². The van der Waals surface area contributed by atoms with E-state index in [0.29, 0.717) is 6.61 Å². The molecule has 1 heterocycles. The molecule has 0 saturated carbocycles. The Morgan fingerprint density at radius 2 is 2.38 bits per heavy atom. The van der Waals surface area contributed by atoms with E-state index in [9.17, 15) is 4.79 Å². The molecule has 1 fully saturated rings. The molecule has 76 valence electrons. The second kappa shape index (κ2) is 3.64. The monoisotopic (exact) mass is 186 g/mol. The van der Waals surface area contributed by atoms with Gasteiger partial charge in [-0.05, 0) is 27.2 Å². The molecule has 0 aromatic heterocycles. The Kier molecular flexibility index (Phi) is 2.93. The van der Waals surface area contributed by atoms with Gasteiger partial charge in [0.1, 0.15) is 0 Å². The van der Waals surface area contributed by atoms with Crippen LogP contribution < -0.4 is 11.1 Å². The van der Waals surface area contributed by atoms with Crippen LogP contribution in [0.2, 0.25) is 0 Å². The number of nitrogens with two attached hydrogens (primary N) is 1. The van der Waals surface area contributed by atoms with Gasteiger partial charge in [-0.3, -0.25) is 4.79 Å². The number of rotatable bonds is 2. The fourth-order valence-electron chi connectivity index (χ4n) is 1.39. The topological polar surface area (TPSA) is 64.3 Å². The van der Waals surface area contributed by atoms with Gasteiger partial charge in [0.2, 0.25) is 5.91 Å². The number of carbonyl (C=O) groups excluding carboxylic acids is 1. The molecule has 0 aromatic carbocycles. The summed E-state index contributed by atoms with van der Waals surface area (Å²) in [5.41, 5.74) is 5.22. The van der Waals surface area contributed by atoms with Crippen LogP contribution in [0.1, 0.15) is 27.2 Å². The highest BCUT2D eigenvalue weighted by Crippen LogP contribution is 2.24. The molecule has 0 spiro atoms. The molecule has 3 N–H and O–H groups in total. The second-order valence-electron chi connectivity index (χ2n) is 3.96. The molecule has 3 atom stereocenters. The molecular weight excluding hydrogens is 168 g/mol. The van der Waals surface area contributed by atoms with Crippen LogP contribution in [0.5, 0.6) is 0 Å². The summed E-state index contributed by atoms with van der Waals surface area (Å²) in [4.78, 5) is 11.4. The molecule has 0 radical (unpaired) electrons. The van der Waals surface area contributed by atoms with Gasteiger partial charge in [0.25, 0.3) is 0 Å². The van der Waals surface area contributed by atoms with Gasteiger partial charge in [-0.1, -0.05) is 0 Å². The van der Waals surface area contributed by atoms with E-state index in [0.717, 1.165) is 6.42 Å². The number of hydrogen-bond acceptors (Lipinski definition) is 3. The largest absolute Gasteiger partial charge is 0.376 e. The number of ether oxygens (including phenoxy) is 1. The fourth-order valence-corrected chi connectivity index (χ4v) is 1.39. The van der Waals surface area contributed by atoms with Gasteiger partial charge in [0, 0.05) is 6.61 Å². The molecular formula is C9H18N2O2. The number of carbonyl (C=O) groups is 1. The highest BCUT2D eigenvalue weighted by atomic mass is 16.5. The van der Waals surface area contributed by atoms with Crippen molar-refractivity contribution in [3.63, 3.8) is 0 Å². The van der Waals surface area contributed by atoms with Crippen LogP contribution in [0.3, 0.4) is 0 Å². The molecule has 1 saturated heterocycles. The van der Waals surface area contributed by atoms with E-state index in [-0.39, 0.29) is 17.6 Å². The normalized spacial score (nSPS) is 35.8. The SMILES string of the molecule is CC1OCCC1(C)NC(=O)[C@@H](C)N. The zero-order chi connectivity index (χ0) is 10.1. The fraction of sp³-hybridized carbons (Fsp3) is 0.889. The standard InChI is InChI=1S/C9H18N2O2/c1-6(10)8(12)11-9(3)4-5-13-7(9)2/h6-7H,4-5,10H2,1-3H3,(H,11,12)/t6-,7?,9?/m1/s1. The summed E-state index contributed by atoms with van der Waals surface area (Å²) in [5, 5.41) is 2.92. The average Bonchev–Trinajstić information content (AvgIpc) is 2.32. The molecule has 0 aromatic rings. The van der Waals surface area contributed by atoms with Gasteiger partial charge in [0.15, 0.2) is 0 Å². The van der Waals surface area contributed by atoms with E-state index < -0.39 is 6.04 Å². The molecule has 1 aliphatic heterocycles. The molecule has 1 rings (SSSR count). The highest BCUT2D eigenvalue weighted by Gasteiger charge is 2.38. The van der Waals surface area contributed by atoms with Crippen LogP contribution in [-0.2, 0) is 9.53 Å². The predicted molar refractivity (Wildman–Crippen MR) is 50.2 cm³/mol. The minimum absolute atomic E-state index is 0.0650. The van der Waals surface area contributed by atoms with Crippen molar-refractivity contribution in [2.75, 3.05) is 6.61 Å². The van der Waals surface area contributed by atoms with Gasteiger partial charge in [-0.2, -0.15) is 0 Å². The van der Waals surface area contributed by atoms with E-state index in [4.69, 9.17) is 10.5 Å². The molecule has 1 aliphatic rings. The average molecular weight is 186 g/mol. The summed E-state index contributed by atoms with van der Waals surface area (Å²) in [5.74, 6) is -0.111. The van der Waals surface area contributed by atoms with Crippen molar-refractivity contribution in [1.29, 1.82) is 0 Å². The van der Waals surface area contributed by atoms with Crippen molar-refractivity contribution < 1.29 is 9.53 Å². The first-order chi connectivity index (χ1) is 5.96. The van der Waals surface area contributed by atoms with E-state index >= 15 is 0 Å². The summed E-state index contributed by atoms with van der Waals surface area (Å²) in [7, 11) is 0. The molecule has 0 aliphatic carbocycles. The lowest BCUT2D eigenvalue weighted by molar-refractivity contribution is -0.124. The van der Waals surface area contributed by atoms with E-state index in [1.165, 1.54) is 0 Å². The maximum Gasteiger partial charge on any atom is 0.237 e. The number of hydrogen-bond donors (Lipinski definition) is 2. The van der Waals surface area contributed by atoms with Crippen LogP contribution in [0.25, 0.3) is 0 Å². The first kappa shape index (κ1) is 10.5. The maximum atomic E-state index is 11.4.